The predicted octanol–water partition coefficient (Wildman–Crippen LogP) is -0.266. The molecule has 0 aromatic carbocycles. The molecule has 1 rings (SSSR count). The van der Waals surface area contributed by atoms with Crippen molar-refractivity contribution in [3.63, 3.8) is 0 Å². The van der Waals surface area contributed by atoms with Gasteiger partial charge in [-0.25, -0.2) is 0 Å². The van der Waals surface area contributed by atoms with E-state index in [1.165, 1.54) is 5.01 Å². The number of hydrogen-bond acceptors (Lipinski definition) is 3. The van der Waals surface area contributed by atoms with E-state index in [9.17, 15) is 4.91 Å². The summed E-state index contributed by atoms with van der Waals surface area (Å²) < 4.78 is 0. The molecule has 1 heterocycles. The van der Waals surface area contributed by atoms with E-state index in [4.69, 9.17) is 5.11 Å². The number of β-amino-alcohol motifs (C(OH)–C–C–N with tert-alkyl or cyclic N) is 1. The third-order valence-electron chi connectivity index (χ3n) is 1.26. The lowest BCUT2D eigenvalue weighted by molar-refractivity contribution is 0.177. The van der Waals surface area contributed by atoms with Crippen LogP contribution in [0, 0.1) is 4.91 Å². The molecule has 1 atom stereocenters. The normalized spacial score (nSPS) is 28.6. The molecule has 1 aliphatic rings. The summed E-state index contributed by atoms with van der Waals surface area (Å²) in [5.41, 5.74) is 0. The minimum atomic E-state index is -0.340. The first-order chi connectivity index (χ1) is 3.83. The molecule has 46 valence electrons. The summed E-state index contributed by atoms with van der Waals surface area (Å²) >= 11 is 0. The third-order valence-corrected chi connectivity index (χ3v) is 1.26. The maximum absolute atomic E-state index is 9.72. The van der Waals surface area contributed by atoms with Gasteiger partial charge in [0.1, 0.15) is 0 Å². The minimum absolute atomic E-state index is 0.340. The van der Waals surface area contributed by atoms with Crippen molar-refractivity contribution >= 4 is 0 Å². The van der Waals surface area contributed by atoms with Crippen LogP contribution in [0.1, 0.15) is 6.42 Å². The fraction of sp³-hybridized carbons (Fsp3) is 1.00. The molecule has 0 bridgehead atoms. The van der Waals surface area contributed by atoms with Crippen LogP contribution in [0.25, 0.3) is 0 Å². The van der Waals surface area contributed by atoms with Crippen LogP contribution in [0.4, 0.5) is 0 Å². The van der Waals surface area contributed by atoms with Gasteiger partial charge in [0.15, 0.2) is 0 Å². The van der Waals surface area contributed by atoms with E-state index in [2.05, 4.69) is 5.29 Å². The number of nitrogens with zero attached hydrogens (tertiary/aromatic N) is 2. The van der Waals surface area contributed by atoms with Gasteiger partial charge in [-0.15, -0.1) is 4.91 Å². The maximum atomic E-state index is 9.72. The zero-order chi connectivity index (χ0) is 5.98. The zero-order valence-corrected chi connectivity index (χ0v) is 4.45. The monoisotopic (exact) mass is 116 g/mol. The number of rotatable bonds is 1. The molecule has 0 unspecified atom stereocenters. The van der Waals surface area contributed by atoms with Crippen LogP contribution in [0.2, 0.25) is 0 Å². The molecular weight excluding hydrogens is 108 g/mol. The highest BCUT2D eigenvalue weighted by Crippen LogP contribution is 2.07. The van der Waals surface area contributed by atoms with Crippen molar-refractivity contribution in [1.29, 1.82) is 0 Å². The lowest BCUT2D eigenvalue weighted by Gasteiger charge is -2.01. The number of hydrogen-bond donors (Lipinski definition) is 1. The third kappa shape index (κ3) is 0.949. The Morgan fingerprint density at radius 3 is 2.75 bits per heavy atom. The summed E-state index contributed by atoms with van der Waals surface area (Å²) in [7, 11) is 0. The van der Waals surface area contributed by atoms with Crippen molar-refractivity contribution in [3.8, 4) is 0 Å². The Morgan fingerprint density at radius 2 is 2.50 bits per heavy atom. The predicted molar refractivity (Wildman–Crippen MR) is 28.0 cm³/mol. The van der Waals surface area contributed by atoms with Gasteiger partial charge >= 0.3 is 0 Å². The average Bonchev–Trinajstić information content (AvgIpc) is 2.14. The van der Waals surface area contributed by atoms with Crippen molar-refractivity contribution in [1.82, 2.24) is 5.01 Å². The van der Waals surface area contributed by atoms with Crippen LogP contribution in [0.3, 0.4) is 0 Å². The lowest BCUT2D eigenvalue weighted by atomic mass is 10.3. The Labute approximate surface area is 47.0 Å². The van der Waals surface area contributed by atoms with E-state index in [1.54, 1.807) is 0 Å². The van der Waals surface area contributed by atoms with E-state index < -0.39 is 0 Å². The summed E-state index contributed by atoms with van der Waals surface area (Å²) in [6.07, 6.45) is 0.332. The first-order valence-electron chi connectivity index (χ1n) is 2.59. The molecule has 1 aliphatic heterocycles. The van der Waals surface area contributed by atoms with E-state index >= 15 is 0 Å². The second-order valence-corrected chi connectivity index (χ2v) is 1.94. The highest BCUT2D eigenvalue weighted by atomic mass is 16.3. The van der Waals surface area contributed by atoms with Crippen LogP contribution in [-0.2, 0) is 0 Å². The largest absolute Gasteiger partial charge is 0.391 e. The molecule has 8 heavy (non-hydrogen) atoms. The van der Waals surface area contributed by atoms with E-state index in [0.717, 1.165) is 0 Å². The summed E-state index contributed by atoms with van der Waals surface area (Å²) in [5.74, 6) is 0. The van der Waals surface area contributed by atoms with Crippen LogP contribution in [0.5, 0.6) is 0 Å². The Hall–Kier alpha value is -0.640. The van der Waals surface area contributed by atoms with Gasteiger partial charge in [0.2, 0.25) is 0 Å². The molecule has 0 aromatic heterocycles. The Balaban J connectivity index is 2.32. The molecule has 0 amide bonds. The molecule has 0 spiro atoms. The molecule has 1 saturated heterocycles. The van der Waals surface area contributed by atoms with Crippen LogP contribution >= 0.6 is 0 Å². The molecule has 0 aromatic rings. The molecule has 1 N–H and O–H groups in total. The Morgan fingerprint density at radius 1 is 1.75 bits per heavy atom. The van der Waals surface area contributed by atoms with Gasteiger partial charge in [-0.2, -0.15) is 0 Å². The van der Waals surface area contributed by atoms with Gasteiger partial charge in [-0.1, -0.05) is 0 Å². The van der Waals surface area contributed by atoms with E-state index in [0.29, 0.717) is 19.5 Å². The SMILES string of the molecule is O=NN1CC[C@@H](O)C1. The van der Waals surface area contributed by atoms with Crippen molar-refractivity contribution in [2.24, 2.45) is 5.29 Å². The van der Waals surface area contributed by atoms with E-state index in [-0.39, 0.29) is 6.10 Å². The number of aliphatic hydroxyl groups excluding tert-OH is 1. The van der Waals surface area contributed by atoms with E-state index in [1.807, 2.05) is 0 Å². The molecular formula is C4H8N2O2. The van der Waals surface area contributed by atoms with Gasteiger partial charge in [0.05, 0.1) is 17.9 Å². The zero-order valence-electron chi connectivity index (χ0n) is 4.45. The number of nitroso groups, excluding NO2 is 1. The lowest BCUT2D eigenvalue weighted by Crippen LogP contribution is -2.14. The summed E-state index contributed by atoms with van der Waals surface area (Å²) in [6.45, 7) is 1.01. The highest BCUT2D eigenvalue weighted by molar-refractivity contribution is 4.70. The second-order valence-electron chi connectivity index (χ2n) is 1.94. The molecule has 0 saturated carbocycles. The smallest absolute Gasteiger partial charge is 0.0750 e. The molecule has 0 radical (unpaired) electrons. The van der Waals surface area contributed by atoms with Gasteiger partial charge < -0.3 is 5.11 Å². The van der Waals surface area contributed by atoms with Crippen molar-refractivity contribution in [2.45, 2.75) is 12.5 Å². The Kier molecular flexibility index (Phi) is 1.43. The molecule has 4 heteroatoms. The summed E-state index contributed by atoms with van der Waals surface area (Å²) in [5, 5.41) is 12.8. The molecule has 0 aliphatic carbocycles. The van der Waals surface area contributed by atoms with Crippen molar-refractivity contribution < 1.29 is 5.11 Å². The molecule has 1 fully saturated rings. The second kappa shape index (κ2) is 2.09. The van der Waals surface area contributed by atoms with Crippen LogP contribution in [0.15, 0.2) is 5.29 Å². The van der Waals surface area contributed by atoms with Gasteiger partial charge in [0.25, 0.3) is 0 Å². The number of aliphatic hydroxyl groups is 1. The fourth-order valence-corrected chi connectivity index (χ4v) is 0.798. The topological polar surface area (TPSA) is 52.9 Å². The fourth-order valence-electron chi connectivity index (χ4n) is 0.798. The van der Waals surface area contributed by atoms with Crippen LogP contribution < -0.4 is 0 Å². The molecule has 4 nitrogen and oxygen atoms in total. The summed E-state index contributed by atoms with van der Waals surface area (Å²) in [4.78, 5) is 9.72. The van der Waals surface area contributed by atoms with Gasteiger partial charge in [-0.05, 0) is 6.42 Å². The minimum Gasteiger partial charge on any atom is -0.391 e. The summed E-state index contributed by atoms with van der Waals surface area (Å²) in [6, 6.07) is 0. The quantitative estimate of drug-likeness (QED) is 0.480. The first kappa shape index (κ1) is 5.50. The average molecular weight is 116 g/mol. The van der Waals surface area contributed by atoms with Crippen LogP contribution in [-0.4, -0.2) is 29.3 Å². The maximum Gasteiger partial charge on any atom is 0.0750 e. The van der Waals surface area contributed by atoms with Crippen molar-refractivity contribution in [3.05, 3.63) is 4.91 Å². The van der Waals surface area contributed by atoms with Gasteiger partial charge in [-0.3, -0.25) is 5.01 Å². The standard InChI is InChI=1S/C4H8N2O2/c7-4-1-2-6(3-4)5-8/h4,7H,1-3H2/t4-/m1/s1. The highest BCUT2D eigenvalue weighted by Gasteiger charge is 2.18. The van der Waals surface area contributed by atoms with Gasteiger partial charge in [0, 0.05) is 6.54 Å². The Bertz CT molecular complexity index is 96.0. The van der Waals surface area contributed by atoms with Crippen molar-refractivity contribution in [2.75, 3.05) is 13.1 Å². The first-order valence-corrected chi connectivity index (χ1v) is 2.59.